The summed E-state index contributed by atoms with van der Waals surface area (Å²) in [7, 11) is 0. The molecule has 0 spiro atoms. The third-order valence-electron chi connectivity index (χ3n) is 4.05. The minimum absolute atomic E-state index is 0.0965. The topological polar surface area (TPSA) is 29.5 Å². The summed E-state index contributed by atoms with van der Waals surface area (Å²) in [6, 6.07) is 13.7. The lowest BCUT2D eigenvalue weighted by atomic mass is 9.90. The summed E-state index contributed by atoms with van der Waals surface area (Å²) >= 11 is 6.19. The van der Waals surface area contributed by atoms with Crippen LogP contribution >= 0.6 is 11.6 Å². The molecule has 3 rings (SSSR count). The highest BCUT2D eigenvalue weighted by atomic mass is 35.5. The van der Waals surface area contributed by atoms with Crippen LogP contribution in [0.25, 0.3) is 0 Å². The van der Waals surface area contributed by atoms with Crippen LogP contribution in [0.5, 0.6) is 5.75 Å². The molecule has 1 aliphatic rings. The zero-order valence-corrected chi connectivity index (χ0v) is 12.8. The van der Waals surface area contributed by atoms with Gasteiger partial charge >= 0.3 is 0 Å². The van der Waals surface area contributed by atoms with E-state index in [4.69, 9.17) is 16.3 Å². The fourth-order valence-corrected chi connectivity index (χ4v) is 3.20. The Morgan fingerprint density at radius 2 is 2.00 bits per heavy atom. The number of hydrogen-bond donors (Lipinski definition) is 1. The number of hydrogen-bond acceptors (Lipinski definition) is 2. The third-order valence-corrected chi connectivity index (χ3v) is 4.27. The molecule has 2 atom stereocenters. The highest BCUT2D eigenvalue weighted by molar-refractivity contribution is 6.30. The number of rotatable bonds is 4. The fourth-order valence-electron chi connectivity index (χ4n) is 2.93. The van der Waals surface area contributed by atoms with Crippen LogP contribution in [-0.4, -0.2) is 11.7 Å². The van der Waals surface area contributed by atoms with Gasteiger partial charge in [0.25, 0.3) is 0 Å². The second-order valence-corrected chi connectivity index (χ2v) is 6.12. The molecule has 0 bridgehead atoms. The Hall–Kier alpha value is -1.51. The Kier molecular flexibility index (Phi) is 4.18. The number of fused-ring (bicyclic) bond motifs is 1. The average molecular weight is 303 g/mol. The smallest absolute Gasteiger partial charge is 0.125 e. The van der Waals surface area contributed by atoms with E-state index in [0.29, 0.717) is 0 Å². The maximum absolute atomic E-state index is 10.5. The molecule has 1 heterocycles. The minimum atomic E-state index is -0.484. The van der Waals surface area contributed by atoms with Crippen molar-refractivity contribution in [2.75, 3.05) is 6.61 Å². The Bertz CT molecular complexity index is 625. The number of halogens is 1. The molecule has 1 N–H and O–H groups in total. The second-order valence-electron chi connectivity index (χ2n) is 5.69. The van der Waals surface area contributed by atoms with Gasteiger partial charge in [0.2, 0.25) is 0 Å². The van der Waals surface area contributed by atoms with Gasteiger partial charge in [0.05, 0.1) is 12.7 Å². The monoisotopic (exact) mass is 302 g/mol. The first-order valence-corrected chi connectivity index (χ1v) is 7.70. The van der Waals surface area contributed by atoms with Crippen LogP contribution in [0, 0.1) is 5.92 Å². The van der Waals surface area contributed by atoms with Crippen LogP contribution in [-0.2, 0) is 12.8 Å². The lowest BCUT2D eigenvalue weighted by molar-refractivity contribution is 0.117. The maximum Gasteiger partial charge on any atom is 0.125 e. The van der Waals surface area contributed by atoms with E-state index in [2.05, 4.69) is 6.92 Å². The number of ether oxygens (including phenoxy) is 1. The van der Waals surface area contributed by atoms with Gasteiger partial charge < -0.3 is 9.84 Å². The van der Waals surface area contributed by atoms with Crippen LogP contribution in [0.15, 0.2) is 42.5 Å². The van der Waals surface area contributed by atoms with Crippen molar-refractivity contribution >= 4 is 11.6 Å². The van der Waals surface area contributed by atoms with E-state index >= 15 is 0 Å². The molecule has 21 heavy (non-hydrogen) atoms. The van der Waals surface area contributed by atoms with Crippen molar-refractivity contribution in [1.82, 2.24) is 0 Å². The molecular weight excluding hydrogens is 284 g/mol. The molecule has 2 unspecified atom stereocenters. The zero-order valence-electron chi connectivity index (χ0n) is 12.1. The van der Waals surface area contributed by atoms with Gasteiger partial charge in [-0.05, 0) is 41.2 Å². The summed E-state index contributed by atoms with van der Waals surface area (Å²) in [6.07, 6.45) is 1.18. The molecular formula is C18H19ClO2. The SMILES string of the molecule is CC(Cc1cc(Cl)cc2c1OCC2)C(O)c1ccccc1. The molecule has 3 heteroatoms. The van der Waals surface area contributed by atoms with Gasteiger partial charge in [0, 0.05) is 11.4 Å². The molecule has 0 aromatic heterocycles. The van der Waals surface area contributed by atoms with Gasteiger partial charge in [-0.2, -0.15) is 0 Å². The van der Waals surface area contributed by atoms with Crippen molar-refractivity contribution in [3.05, 3.63) is 64.2 Å². The van der Waals surface area contributed by atoms with E-state index in [1.165, 1.54) is 5.56 Å². The quantitative estimate of drug-likeness (QED) is 0.918. The number of aliphatic hydroxyl groups is 1. The highest BCUT2D eigenvalue weighted by Crippen LogP contribution is 2.36. The van der Waals surface area contributed by atoms with Crippen molar-refractivity contribution < 1.29 is 9.84 Å². The predicted molar refractivity (Wildman–Crippen MR) is 84.9 cm³/mol. The van der Waals surface area contributed by atoms with Crippen LogP contribution in [0.2, 0.25) is 5.02 Å². The molecule has 0 radical (unpaired) electrons. The van der Waals surface area contributed by atoms with Crippen LogP contribution in [0.4, 0.5) is 0 Å². The van der Waals surface area contributed by atoms with Gasteiger partial charge in [-0.1, -0.05) is 48.9 Å². The van der Waals surface area contributed by atoms with Crippen LogP contribution in [0.3, 0.4) is 0 Å². The first-order valence-electron chi connectivity index (χ1n) is 7.32. The van der Waals surface area contributed by atoms with E-state index in [9.17, 15) is 5.11 Å². The first kappa shape index (κ1) is 14.4. The normalized spacial score (nSPS) is 16.1. The molecule has 0 saturated heterocycles. The summed E-state index contributed by atoms with van der Waals surface area (Å²) in [5, 5.41) is 11.2. The van der Waals surface area contributed by atoms with E-state index in [-0.39, 0.29) is 5.92 Å². The number of benzene rings is 2. The van der Waals surface area contributed by atoms with E-state index < -0.39 is 6.10 Å². The highest BCUT2D eigenvalue weighted by Gasteiger charge is 2.22. The lowest BCUT2D eigenvalue weighted by Crippen LogP contribution is -2.12. The van der Waals surface area contributed by atoms with Gasteiger partial charge in [-0.25, -0.2) is 0 Å². The average Bonchev–Trinajstić information content (AvgIpc) is 2.95. The third kappa shape index (κ3) is 3.07. The van der Waals surface area contributed by atoms with Gasteiger partial charge in [-0.15, -0.1) is 0 Å². The van der Waals surface area contributed by atoms with Gasteiger partial charge in [0.15, 0.2) is 0 Å². The molecule has 0 amide bonds. The molecule has 2 nitrogen and oxygen atoms in total. The first-order chi connectivity index (χ1) is 10.1. The summed E-state index contributed by atoms with van der Waals surface area (Å²) in [5.74, 6) is 1.06. The Morgan fingerprint density at radius 3 is 2.76 bits per heavy atom. The summed E-state index contributed by atoms with van der Waals surface area (Å²) in [5.41, 5.74) is 3.22. The van der Waals surface area contributed by atoms with E-state index in [1.807, 2.05) is 42.5 Å². The van der Waals surface area contributed by atoms with Crippen LogP contribution in [0.1, 0.15) is 29.7 Å². The molecule has 2 aromatic carbocycles. The summed E-state index contributed by atoms with van der Waals surface area (Å²) < 4.78 is 5.73. The minimum Gasteiger partial charge on any atom is -0.493 e. The molecule has 1 aliphatic heterocycles. The van der Waals surface area contributed by atoms with Crippen molar-refractivity contribution in [2.24, 2.45) is 5.92 Å². The predicted octanol–water partition coefficient (Wildman–Crippen LogP) is 4.19. The van der Waals surface area contributed by atoms with Crippen molar-refractivity contribution in [2.45, 2.75) is 25.9 Å². The van der Waals surface area contributed by atoms with Crippen LogP contribution < -0.4 is 4.74 Å². The number of aliphatic hydroxyl groups excluding tert-OH is 1. The second kappa shape index (κ2) is 6.08. The molecule has 110 valence electrons. The fraction of sp³-hybridized carbons (Fsp3) is 0.333. The maximum atomic E-state index is 10.5. The van der Waals surface area contributed by atoms with Crippen molar-refractivity contribution in [3.63, 3.8) is 0 Å². The molecule has 0 aliphatic carbocycles. The van der Waals surface area contributed by atoms with Gasteiger partial charge in [0.1, 0.15) is 5.75 Å². The Morgan fingerprint density at radius 1 is 1.24 bits per heavy atom. The van der Waals surface area contributed by atoms with Crippen molar-refractivity contribution in [1.29, 1.82) is 0 Å². The van der Waals surface area contributed by atoms with E-state index in [0.717, 1.165) is 41.3 Å². The molecule has 2 aromatic rings. The standard InChI is InChI=1S/C18H19ClO2/c1-12(17(20)13-5-3-2-4-6-13)9-15-11-16(19)10-14-7-8-21-18(14)15/h2-6,10-12,17,20H,7-9H2,1H3. The molecule has 0 saturated carbocycles. The molecule has 0 fully saturated rings. The largest absolute Gasteiger partial charge is 0.493 e. The Labute approximate surface area is 130 Å². The summed E-state index contributed by atoms with van der Waals surface area (Å²) in [4.78, 5) is 0. The Balaban J connectivity index is 1.81. The lowest BCUT2D eigenvalue weighted by Gasteiger charge is -2.20. The summed E-state index contributed by atoms with van der Waals surface area (Å²) in [6.45, 7) is 2.78. The van der Waals surface area contributed by atoms with Crippen molar-refractivity contribution in [3.8, 4) is 5.75 Å². The van der Waals surface area contributed by atoms with Gasteiger partial charge in [-0.3, -0.25) is 0 Å². The zero-order chi connectivity index (χ0) is 14.8. The van der Waals surface area contributed by atoms with E-state index in [1.54, 1.807) is 0 Å².